The van der Waals surface area contributed by atoms with Gasteiger partial charge in [0.05, 0.1) is 13.7 Å². The first kappa shape index (κ1) is 11.3. The van der Waals surface area contributed by atoms with Crippen LogP contribution in [-0.2, 0) is 6.42 Å². The summed E-state index contributed by atoms with van der Waals surface area (Å²) in [4.78, 5) is 0. The van der Waals surface area contributed by atoms with E-state index in [4.69, 9.17) is 15.2 Å². The van der Waals surface area contributed by atoms with Crippen molar-refractivity contribution in [2.45, 2.75) is 19.3 Å². The lowest BCUT2D eigenvalue weighted by molar-refractivity contribution is 0.296. The molecule has 3 nitrogen and oxygen atoms in total. The van der Waals surface area contributed by atoms with E-state index in [2.05, 4.69) is 0 Å². The maximum Gasteiger partial charge on any atom is 0.122 e. The Morgan fingerprint density at radius 2 is 2.19 bits per heavy atom. The first-order valence-corrected chi connectivity index (χ1v) is 5.83. The Hall–Kier alpha value is -1.22. The summed E-state index contributed by atoms with van der Waals surface area (Å²) in [7, 11) is 1.67. The number of hydrogen-bond acceptors (Lipinski definition) is 3. The van der Waals surface area contributed by atoms with Crippen molar-refractivity contribution in [3.05, 3.63) is 23.8 Å². The normalized spacial score (nSPS) is 14.9. The molecule has 1 fully saturated rings. The number of rotatable bonds is 6. The molecule has 2 N–H and O–H groups in total. The summed E-state index contributed by atoms with van der Waals surface area (Å²) in [5.41, 5.74) is 6.73. The number of ether oxygens (including phenoxy) is 2. The molecule has 16 heavy (non-hydrogen) atoms. The molecule has 0 unspecified atom stereocenters. The lowest BCUT2D eigenvalue weighted by Crippen LogP contribution is -2.07. The lowest BCUT2D eigenvalue weighted by atomic mass is 10.1. The Kier molecular flexibility index (Phi) is 3.67. The Bertz CT molecular complexity index is 348. The van der Waals surface area contributed by atoms with Crippen molar-refractivity contribution in [1.29, 1.82) is 0 Å². The predicted octanol–water partition coefficient (Wildman–Crippen LogP) is 1.99. The molecule has 0 saturated heterocycles. The van der Waals surface area contributed by atoms with E-state index in [1.807, 2.05) is 18.2 Å². The largest absolute Gasteiger partial charge is 0.497 e. The topological polar surface area (TPSA) is 44.5 Å². The van der Waals surface area contributed by atoms with E-state index < -0.39 is 0 Å². The van der Waals surface area contributed by atoms with Crippen LogP contribution in [0.3, 0.4) is 0 Å². The fourth-order valence-corrected chi connectivity index (χ4v) is 1.67. The van der Waals surface area contributed by atoms with Gasteiger partial charge in [0.15, 0.2) is 0 Å². The van der Waals surface area contributed by atoms with Crippen molar-refractivity contribution in [3.8, 4) is 11.5 Å². The molecule has 0 atom stereocenters. The summed E-state index contributed by atoms with van der Waals surface area (Å²) in [5, 5.41) is 0. The lowest BCUT2D eigenvalue weighted by Gasteiger charge is -2.12. The van der Waals surface area contributed by atoms with Gasteiger partial charge in [0.2, 0.25) is 0 Å². The molecule has 0 aliphatic heterocycles. The van der Waals surface area contributed by atoms with Gasteiger partial charge in [0.1, 0.15) is 11.5 Å². The minimum Gasteiger partial charge on any atom is -0.497 e. The van der Waals surface area contributed by atoms with Crippen LogP contribution >= 0.6 is 0 Å². The molecule has 0 amide bonds. The van der Waals surface area contributed by atoms with E-state index in [1.165, 1.54) is 12.8 Å². The van der Waals surface area contributed by atoms with Gasteiger partial charge < -0.3 is 15.2 Å². The van der Waals surface area contributed by atoms with E-state index in [0.717, 1.165) is 36.0 Å². The second-order valence-electron chi connectivity index (χ2n) is 4.27. The van der Waals surface area contributed by atoms with Crippen LogP contribution in [0.5, 0.6) is 11.5 Å². The number of methoxy groups -OCH3 is 1. The third kappa shape index (κ3) is 2.89. The van der Waals surface area contributed by atoms with Crippen LogP contribution in [0.4, 0.5) is 0 Å². The molecule has 1 aromatic carbocycles. The van der Waals surface area contributed by atoms with E-state index >= 15 is 0 Å². The highest BCUT2D eigenvalue weighted by Gasteiger charge is 2.22. The SMILES string of the molecule is COc1ccc(OCC2CC2)c(CCN)c1. The average Bonchev–Trinajstić information content (AvgIpc) is 3.11. The fourth-order valence-electron chi connectivity index (χ4n) is 1.67. The molecule has 0 spiro atoms. The molecule has 3 heteroatoms. The summed E-state index contributed by atoms with van der Waals surface area (Å²) in [6.45, 7) is 1.47. The molecule has 1 aliphatic carbocycles. The molecule has 0 radical (unpaired) electrons. The summed E-state index contributed by atoms with van der Waals surface area (Å²) in [5.74, 6) is 2.59. The third-order valence-electron chi connectivity index (χ3n) is 2.85. The predicted molar refractivity (Wildman–Crippen MR) is 64.0 cm³/mol. The van der Waals surface area contributed by atoms with Gasteiger partial charge >= 0.3 is 0 Å². The van der Waals surface area contributed by atoms with Crippen LogP contribution in [-0.4, -0.2) is 20.3 Å². The van der Waals surface area contributed by atoms with Gasteiger partial charge in [-0.1, -0.05) is 0 Å². The van der Waals surface area contributed by atoms with Crippen molar-refractivity contribution in [3.63, 3.8) is 0 Å². The van der Waals surface area contributed by atoms with Crippen molar-refractivity contribution < 1.29 is 9.47 Å². The molecule has 0 heterocycles. The van der Waals surface area contributed by atoms with Crippen LogP contribution in [0.1, 0.15) is 18.4 Å². The van der Waals surface area contributed by atoms with E-state index in [-0.39, 0.29) is 0 Å². The maximum absolute atomic E-state index is 5.80. The molecular formula is C13H19NO2. The average molecular weight is 221 g/mol. The highest BCUT2D eigenvalue weighted by Crippen LogP contribution is 2.31. The number of hydrogen-bond donors (Lipinski definition) is 1. The van der Waals surface area contributed by atoms with Crippen molar-refractivity contribution in [1.82, 2.24) is 0 Å². The van der Waals surface area contributed by atoms with Gasteiger partial charge in [0.25, 0.3) is 0 Å². The van der Waals surface area contributed by atoms with Gasteiger partial charge in [0, 0.05) is 0 Å². The van der Waals surface area contributed by atoms with Crippen LogP contribution in [0.25, 0.3) is 0 Å². The van der Waals surface area contributed by atoms with Crippen molar-refractivity contribution in [2.75, 3.05) is 20.3 Å². The highest BCUT2D eigenvalue weighted by molar-refractivity contribution is 5.40. The molecule has 1 saturated carbocycles. The number of benzene rings is 1. The molecule has 0 aromatic heterocycles. The van der Waals surface area contributed by atoms with Crippen LogP contribution in [0.2, 0.25) is 0 Å². The van der Waals surface area contributed by atoms with Gasteiger partial charge in [-0.15, -0.1) is 0 Å². The molecule has 1 aliphatic rings. The zero-order chi connectivity index (χ0) is 11.4. The monoisotopic (exact) mass is 221 g/mol. The molecular weight excluding hydrogens is 202 g/mol. The number of nitrogens with two attached hydrogens (primary N) is 1. The van der Waals surface area contributed by atoms with Crippen molar-refractivity contribution in [2.24, 2.45) is 11.7 Å². The first-order chi connectivity index (χ1) is 7.83. The van der Waals surface area contributed by atoms with Crippen LogP contribution in [0.15, 0.2) is 18.2 Å². The van der Waals surface area contributed by atoms with Gasteiger partial charge in [-0.2, -0.15) is 0 Å². The minimum absolute atomic E-state index is 0.632. The second kappa shape index (κ2) is 5.21. The Balaban J connectivity index is 2.06. The molecule has 88 valence electrons. The second-order valence-corrected chi connectivity index (χ2v) is 4.27. The summed E-state index contributed by atoms with van der Waals surface area (Å²) in [6, 6.07) is 5.92. The first-order valence-electron chi connectivity index (χ1n) is 5.83. The van der Waals surface area contributed by atoms with Crippen molar-refractivity contribution >= 4 is 0 Å². The van der Waals surface area contributed by atoms with Gasteiger partial charge in [-0.3, -0.25) is 0 Å². The minimum atomic E-state index is 0.632. The summed E-state index contributed by atoms with van der Waals surface area (Å²) < 4.78 is 11.0. The Morgan fingerprint density at radius 3 is 2.81 bits per heavy atom. The smallest absolute Gasteiger partial charge is 0.122 e. The maximum atomic E-state index is 5.80. The van der Waals surface area contributed by atoms with E-state index in [1.54, 1.807) is 7.11 Å². The van der Waals surface area contributed by atoms with E-state index in [9.17, 15) is 0 Å². The Labute approximate surface area is 96.5 Å². The zero-order valence-corrected chi connectivity index (χ0v) is 9.74. The zero-order valence-electron chi connectivity index (χ0n) is 9.74. The van der Waals surface area contributed by atoms with Gasteiger partial charge in [-0.25, -0.2) is 0 Å². The molecule has 2 rings (SSSR count). The fraction of sp³-hybridized carbons (Fsp3) is 0.538. The van der Waals surface area contributed by atoms with E-state index in [0.29, 0.717) is 6.54 Å². The highest BCUT2D eigenvalue weighted by atomic mass is 16.5. The molecule has 1 aromatic rings. The Morgan fingerprint density at radius 1 is 1.38 bits per heavy atom. The van der Waals surface area contributed by atoms with Gasteiger partial charge in [-0.05, 0) is 55.5 Å². The van der Waals surface area contributed by atoms with Crippen LogP contribution in [0, 0.1) is 5.92 Å². The summed E-state index contributed by atoms with van der Waals surface area (Å²) >= 11 is 0. The third-order valence-corrected chi connectivity index (χ3v) is 2.85. The quantitative estimate of drug-likeness (QED) is 0.799. The standard InChI is InChI=1S/C13H19NO2/c1-15-12-4-5-13(11(8-12)6-7-14)16-9-10-2-3-10/h4-5,8,10H,2-3,6-7,9,14H2,1H3. The van der Waals surface area contributed by atoms with Crippen LogP contribution < -0.4 is 15.2 Å². The molecule has 0 bridgehead atoms. The summed E-state index contributed by atoms with van der Waals surface area (Å²) in [6.07, 6.45) is 3.45.